The second kappa shape index (κ2) is 5.50. The molecule has 7 heteroatoms. The molecule has 21 heavy (non-hydrogen) atoms. The van der Waals surface area contributed by atoms with Gasteiger partial charge in [0.1, 0.15) is 29.9 Å². The van der Waals surface area contributed by atoms with Crippen LogP contribution in [0.1, 0.15) is 12.0 Å². The molecular weight excluding hydrogens is 280 g/mol. The van der Waals surface area contributed by atoms with Crippen LogP contribution in [0.3, 0.4) is 0 Å². The van der Waals surface area contributed by atoms with Gasteiger partial charge >= 0.3 is 0 Å². The highest BCUT2D eigenvalue weighted by Gasteiger charge is 2.44. The molecule has 2 heterocycles. The molecule has 0 amide bonds. The molecule has 0 unspecified atom stereocenters. The van der Waals surface area contributed by atoms with Gasteiger partial charge in [0.2, 0.25) is 0 Å². The summed E-state index contributed by atoms with van der Waals surface area (Å²) >= 11 is 0. The monoisotopic (exact) mass is 295 g/mol. The third kappa shape index (κ3) is 2.66. The van der Waals surface area contributed by atoms with E-state index in [2.05, 4.69) is 10.1 Å². The number of aliphatic hydroxyl groups excluding tert-OH is 1. The maximum Gasteiger partial charge on any atom is 0.137 e. The molecule has 0 spiro atoms. The Morgan fingerprint density at radius 1 is 1.43 bits per heavy atom. The van der Waals surface area contributed by atoms with Crippen LogP contribution in [0, 0.1) is 17.6 Å². The lowest BCUT2D eigenvalue weighted by molar-refractivity contribution is -0.0207. The number of halogens is 2. The number of aliphatic hydroxyl groups is 1. The predicted octanol–water partition coefficient (Wildman–Crippen LogP) is 1.48. The van der Waals surface area contributed by atoms with E-state index in [4.69, 9.17) is 4.74 Å². The minimum absolute atomic E-state index is 0.0398. The molecule has 1 aromatic carbocycles. The molecule has 1 aliphatic rings. The second-order valence-corrected chi connectivity index (χ2v) is 5.28. The van der Waals surface area contributed by atoms with Crippen LogP contribution >= 0.6 is 0 Å². The van der Waals surface area contributed by atoms with E-state index in [9.17, 15) is 13.9 Å². The number of hydrogen-bond donors (Lipinski definition) is 1. The van der Waals surface area contributed by atoms with E-state index in [0.29, 0.717) is 13.0 Å². The summed E-state index contributed by atoms with van der Waals surface area (Å²) < 4.78 is 34.7. The average Bonchev–Trinajstić information content (AvgIpc) is 3.09. The molecule has 0 saturated carbocycles. The van der Waals surface area contributed by atoms with Crippen molar-refractivity contribution in [3.63, 3.8) is 0 Å². The summed E-state index contributed by atoms with van der Waals surface area (Å²) in [6.45, 7) is 0.538. The van der Waals surface area contributed by atoms with Crippen LogP contribution in [0.25, 0.3) is 0 Å². The Morgan fingerprint density at radius 2 is 2.29 bits per heavy atom. The third-order valence-corrected chi connectivity index (χ3v) is 3.78. The van der Waals surface area contributed by atoms with Gasteiger partial charge in [0, 0.05) is 24.2 Å². The Morgan fingerprint density at radius 3 is 2.90 bits per heavy atom. The molecule has 2 aromatic rings. The molecule has 2 atom stereocenters. The number of rotatable bonds is 4. The van der Waals surface area contributed by atoms with E-state index in [1.165, 1.54) is 24.8 Å². The summed E-state index contributed by atoms with van der Waals surface area (Å²) in [6, 6.07) is 3.44. The van der Waals surface area contributed by atoms with Crippen molar-refractivity contribution in [2.75, 3.05) is 13.2 Å². The molecule has 1 aromatic heterocycles. The lowest BCUT2D eigenvalue weighted by Crippen LogP contribution is -2.32. The Labute approximate surface area is 120 Å². The number of aromatic nitrogens is 3. The number of hydrogen-bond acceptors (Lipinski definition) is 4. The fourth-order valence-electron chi connectivity index (χ4n) is 2.80. The van der Waals surface area contributed by atoms with Gasteiger partial charge < -0.3 is 9.84 Å². The normalized spacial score (nSPS) is 25.4. The highest BCUT2D eigenvalue weighted by atomic mass is 19.1. The van der Waals surface area contributed by atoms with Crippen molar-refractivity contribution in [2.45, 2.75) is 18.6 Å². The van der Waals surface area contributed by atoms with Gasteiger partial charge in [-0.1, -0.05) is 6.07 Å². The lowest BCUT2D eigenvalue weighted by Gasteiger charge is -2.29. The Bertz CT molecular complexity index is 621. The van der Waals surface area contributed by atoms with E-state index in [1.54, 1.807) is 4.68 Å². The van der Waals surface area contributed by atoms with Crippen LogP contribution in [-0.2, 0) is 16.9 Å². The zero-order chi connectivity index (χ0) is 14.9. The van der Waals surface area contributed by atoms with Crippen molar-refractivity contribution in [3.05, 3.63) is 48.1 Å². The van der Waals surface area contributed by atoms with Crippen LogP contribution in [0.4, 0.5) is 8.78 Å². The van der Waals surface area contributed by atoms with Gasteiger partial charge in [0.15, 0.2) is 0 Å². The van der Waals surface area contributed by atoms with E-state index in [0.717, 1.165) is 6.07 Å². The van der Waals surface area contributed by atoms with Crippen molar-refractivity contribution in [1.82, 2.24) is 14.8 Å². The van der Waals surface area contributed by atoms with Crippen molar-refractivity contribution in [3.8, 4) is 0 Å². The fourth-order valence-corrected chi connectivity index (χ4v) is 2.80. The van der Waals surface area contributed by atoms with Crippen LogP contribution in [0.15, 0.2) is 30.9 Å². The summed E-state index contributed by atoms with van der Waals surface area (Å²) in [5.41, 5.74) is -0.700. The lowest BCUT2D eigenvalue weighted by atomic mass is 9.87. The summed E-state index contributed by atoms with van der Waals surface area (Å²) in [4.78, 5) is 3.86. The Balaban J connectivity index is 1.99. The largest absolute Gasteiger partial charge is 0.396 e. The first kappa shape index (κ1) is 14.1. The zero-order valence-electron chi connectivity index (χ0n) is 11.2. The number of ether oxygens (including phenoxy) is 1. The molecule has 112 valence electrons. The Hall–Kier alpha value is -1.86. The Kier molecular flexibility index (Phi) is 3.69. The first-order valence-electron chi connectivity index (χ1n) is 6.66. The van der Waals surface area contributed by atoms with Crippen LogP contribution in [0.2, 0.25) is 0 Å². The first-order valence-corrected chi connectivity index (χ1v) is 6.66. The molecular formula is C14H15F2N3O2. The minimum Gasteiger partial charge on any atom is -0.396 e. The molecule has 1 N–H and O–H groups in total. The molecule has 3 rings (SSSR count). The summed E-state index contributed by atoms with van der Waals surface area (Å²) in [6.07, 6.45) is 3.33. The molecule has 1 saturated heterocycles. The van der Waals surface area contributed by atoms with Crippen LogP contribution in [-0.4, -0.2) is 33.1 Å². The minimum atomic E-state index is -0.973. The average molecular weight is 295 g/mol. The van der Waals surface area contributed by atoms with Gasteiger partial charge in [-0.3, -0.25) is 0 Å². The van der Waals surface area contributed by atoms with Gasteiger partial charge in [-0.05, 0) is 12.5 Å². The van der Waals surface area contributed by atoms with Crippen molar-refractivity contribution in [1.29, 1.82) is 0 Å². The van der Waals surface area contributed by atoms with Crippen LogP contribution in [0.5, 0.6) is 0 Å². The van der Waals surface area contributed by atoms with Gasteiger partial charge in [0.25, 0.3) is 0 Å². The van der Waals surface area contributed by atoms with Crippen molar-refractivity contribution < 1.29 is 18.6 Å². The summed E-state index contributed by atoms with van der Waals surface area (Å²) in [7, 11) is 0. The smallest absolute Gasteiger partial charge is 0.137 e. The maximum absolute atomic E-state index is 14.2. The van der Waals surface area contributed by atoms with Gasteiger partial charge in [-0.25, -0.2) is 18.4 Å². The molecule has 5 nitrogen and oxygen atoms in total. The number of nitrogens with zero attached hydrogens (tertiary/aromatic N) is 3. The second-order valence-electron chi connectivity index (χ2n) is 5.28. The van der Waals surface area contributed by atoms with E-state index >= 15 is 0 Å². The molecule has 1 aliphatic heterocycles. The van der Waals surface area contributed by atoms with Gasteiger partial charge in [0.05, 0.1) is 13.2 Å². The third-order valence-electron chi connectivity index (χ3n) is 3.78. The first-order chi connectivity index (χ1) is 10.1. The highest BCUT2D eigenvalue weighted by molar-refractivity contribution is 5.26. The number of benzene rings is 1. The van der Waals surface area contributed by atoms with Crippen molar-refractivity contribution in [2.24, 2.45) is 5.92 Å². The van der Waals surface area contributed by atoms with Gasteiger partial charge in [-0.15, -0.1) is 0 Å². The maximum atomic E-state index is 14.2. The van der Waals surface area contributed by atoms with E-state index in [-0.39, 0.29) is 24.6 Å². The van der Waals surface area contributed by atoms with E-state index in [1.807, 2.05) is 0 Å². The zero-order valence-corrected chi connectivity index (χ0v) is 11.2. The molecule has 0 radical (unpaired) electrons. The summed E-state index contributed by atoms with van der Waals surface area (Å²) in [5, 5.41) is 13.3. The summed E-state index contributed by atoms with van der Waals surface area (Å²) in [5.74, 6) is -1.38. The van der Waals surface area contributed by atoms with Gasteiger partial charge in [-0.2, -0.15) is 5.10 Å². The molecule has 0 bridgehead atoms. The van der Waals surface area contributed by atoms with Crippen molar-refractivity contribution >= 4 is 0 Å². The SMILES string of the molecule is OC[C@@H]1CO[C@@](Cn2cncn2)(c2ccc(F)cc2F)C1. The van der Waals surface area contributed by atoms with Crippen LogP contribution < -0.4 is 0 Å². The molecule has 1 fully saturated rings. The molecule has 0 aliphatic carbocycles. The quantitative estimate of drug-likeness (QED) is 0.928. The standard InChI is InChI=1S/C14H15F2N3O2/c15-11-1-2-12(13(16)3-11)14(4-10(5-20)6-21-14)7-19-9-17-8-18-19/h1-3,8-10,20H,4-7H2/t10-,14+/m1/s1. The fraction of sp³-hybridized carbons (Fsp3) is 0.429. The topological polar surface area (TPSA) is 60.2 Å². The van der Waals surface area contributed by atoms with E-state index < -0.39 is 17.2 Å². The predicted molar refractivity (Wildman–Crippen MR) is 69.2 cm³/mol. The highest BCUT2D eigenvalue weighted by Crippen LogP contribution is 2.41.